The fraction of sp³-hybridized carbons (Fsp3) is 0.435. The molecule has 1 fully saturated rings. The second kappa shape index (κ2) is 7.58. The summed E-state index contributed by atoms with van der Waals surface area (Å²) < 4.78 is 28.1. The fourth-order valence-corrected chi connectivity index (χ4v) is 6.42. The lowest BCUT2D eigenvalue weighted by atomic mass is 9.97. The van der Waals surface area contributed by atoms with Crippen LogP contribution < -0.4 is 4.90 Å². The van der Waals surface area contributed by atoms with E-state index in [1.165, 1.54) is 9.87 Å². The molecule has 2 heterocycles. The van der Waals surface area contributed by atoms with Crippen molar-refractivity contribution >= 4 is 21.6 Å². The van der Waals surface area contributed by atoms with E-state index < -0.39 is 10.0 Å². The molecule has 2 aromatic carbocycles. The molecule has 0 spiro atoms. The molecule has 2 atom stereocenters. The van der Waals surface area contributed by atoms with Crippen LogP contribution in [0.2, 0.25) is 0 Å². The molecular formula is C23H28N2O3S. The zero-order valence-corrected chi connectivity index (χ0v) is 18.1. The third-order valence-electron chi connectivity index (χ3n) is 6.14. The van der Waals surface area contributed by atoms with Crippen LogP contribution in [0, 0.1) is 19.8 Å². The molecule has 0 radical (unpaired) electrons. The molecule has 154 valence electrons. The van der Waals surface area contributed by atoms with E-state index in [9.17, 15) is 13.2 Å². The van der Waals surface area contributed by atoms with Gasteiger partial charge in [0.25, 0.3) is 0 Å². The summed E-state index contributed by atoms with van der Waals surface area (Å²) in [5.41, 5.74) is 3.82. The van der Waals surface area contributed by atoms with E-state index in [0.717, 1.165) is 29.7 Å². The predicted octanol–water partition coefficient (Wildman–Crippen LogP) is 3.68. The van der Waals surface area contributed by atoms with Crippen molar-refractivity contribution in [3.05, 3.63) is 59.2 Å². The molecule has 5 nitrogen and oxygen atoms in total. The lowest BCUT2D eigenvalue weighted by Gasteiger charge is -2.35. The number of hydrogen-bond acceptors (Lipinski definition) is 3. The van der Waals surface area contributed by atoms with Gasteiger partial charge in [-0.2, -0.15) is 4.31 Å². The summed E-state index contributed by atoms with van der Waals surface area (Å²) in [6.07, 6.45) is 2.27. The normalized spacial score (nSPS) is 22.5. The van der Waals surface area contributed by atoms with Crippen LogP contribution in [0.5, 0.6) is 0 Å². The van der Waals surface area contributed by atoms with E-state index in [0.29, 0.717) is 17.9 Å². The van der Waals surface area contributed by atoms with Crippen molar-refractivity contribution in [1.29, 1.82) is 0 Å². The number of para-hydroxylation sites is 1. The molecule has 0 aromatic heterocycles. The molecule has 0 N–H and O–H groups in total. The van der Waals surface area contributed by atoms with E-state index in [2.05, 4.69) is 13.0 Å². The average Bonchev–Trinajstić information content (AvgIpc) is 3.05. The SMILES string of the molecule is Cc1ccc(C)c(S(=O)(=O)N2CCCC(C(=O)N3c4ccccc4CC3C)C2)c1. The quantitative estimate of drug-likeness (QED) is 0.773. The van der Waals surface area contributed by atoms with Crippen LogP contribution >= 0.6 is 0 Å². The zero-order chi connectivity index (χ0) is 20.8. The number of carbonyl (C=O) groups excluding carboxylic acids is 1. The van der Waals surface area contributed by atoms with Crippen LogP contribution in [0.1, 0.15) is 36.5 Å². The van der Waals surface area contributed by atoms with Crippen molar-refractivity contribution in [3.63, 3.8) is 0 Å². The molecule has 0 bridgehead atoms. The van der Waals surface area contributed by atoms with Crippen LogP contribution in [0.15, 0.2) is 47.4 Å². The van der Waals surface area contributed by atoms with Gasteiger partial charge in [0, 0.05) is 24.8 Å². The number of amides is 1. The van der Waals surface area contributed by atoms with Crippen LogP contribution in [0.4, 0.5) is 5.69 Å². The first-order valence-electron chi connectivity index (χ1n) is 10.3. The number of benzene rings is 2. The second-order valence-electron chi connectivity index (χ2n) is 8.36. The van der Waals surface area contributed by atoms with Crippen molar-refractivity contribution in [1.82, 2.24) is 4.31 Å². The highest BCUT2D eigenvalue weighted by Crippen LogP contribution is 2.35. The second-order valence-corrected chi connectivity index (χ2v) is 10.3. The predicted molar refractivity (Wildman–Crippen MR) is 114 cm³/mol. The Morgan fingerprint density at radius 2 is 1.86 bits per heavy atom. The Morgan fingerprint density at radius 3 is 2.66 bits per heavy atom. The molecule has 2 unspecified atom stereocenters. The van der Waals surface area contributed by atoms with E-state index >= 15 is 0 Å². The molecule has 6 heteroatoms. The third kappa shape index (κ3) is 3.60. The molecule has 29 heavy (non-hydrogen) atoms. The van der Waals surface area contributed by atoms with Gasteiger partial charge in [0.05, 0.1) is 10.8 Å². The molecular weight excluding hydrogens is 384 g/mol. The van der Waals surface area contributed by atoms with Gasteiger partial charge in [-0.15, -0.1) is 0 Å². The minimum atomic E-state index is -3.62. The summed E-state index contributed by atoms with van der Waals surface area (Å²) >= 11 is 0. The summed E-state index contributed by atoms with van der Waals surface area (Å²) in [6.45, 7) is 6.49. The van der Waals surface area contributed by atoms with E-state index in [1.54, 1.807) is 6.07 Å². The number of anilines is 1. The van der Waals surface area contributed by atoms with Gasteiger partial charge in [-0.3, -0.25) is 4.79 Å². The highest BCUT2D eigenvalue weighted by atomic mass is 32.2. The van der Waals surface area contributed by atoms with E-state index in [-0.39, 0.29) is 24.4 Å². The molecule has 1 saturated heterocycles. The molecule has 2 aromatic rings. The Labute approximate surface area is 173 Å². The lowest BCUT2D eigenvalue weighted by molar-refractivity contribution is -0.123. The minimum absolute atomic E-state index is 0.0447. The average molecular weight is 413 g/mol. The maximum Gasteiger partial charge on any atom is 0.243 e. The van der Waals surface area contributed by atoms with Gasteiger partial charge in [-0.25, -0.2) is 8.42 Å². The molecule has 0 aliphatic carbocycles. The standard InChI is InChI=1S/C23H28N2O3S/c1-16-10-11-17(2)22(13-16)29(27,28)24-12-6-8-20(15-24)23(26)25-18(3)14-19-7-4-5-9-21(19)25/h4-5,7,9-11,13,18,20H,6,8,12,14-15H2,1-3H3. The van der Waals surface area contributed by atoms with Crippen molar-refractivity contribution in [2.75, 3.05) is 18.0 Å². The smallest absolute Gasteiger partial charge is 0.243 e. The first-order valence-corrected chi connectivity index (χ1v) is 11.7. The number of fused-ring (bicyclic) bond motifs is 1. The fourth-order valence-electron chi connectivity index (χ4n) is 4.58. The van der Waals surface area contributed by atoms with Crippen LogP contribution in [-0.4, -0.2) is 37.8 Å². The highest BCUT2D eigenvalue weighted by molar-refractivity contribution is 7.89. The first kappa shape index (κ1) is 20.1. The van der Waals surface area contributed by atoms with Crippen LogP contribution in [0.3, 0.4) is 0 Å². The maximum absolute atomic E-state index is 13.4. The van der Waals surface area contributed by atoms with E-state index in [4.69, 9.17) is 0 Å². The number of hydrogen-bond donors (Lipinski definition) is 0. The number of carbonyl (C=O) groups is 1. The van der Waals surface area contributed by atoms with Gasteiger partial charge in [0.1, 0.15) is 0 Å². The van der Waals surface area contributed by atoms with Crippen molar-refractivity contribution in [2.24, 2.45) is 5.92 Å². The molecule has 0 saturated carbocycles. The zero-order valence-electron chi connectivity index (χ0n) is 17.3. The first-order chi connectivity index (χ1) is 13.8. The molecule has 2 aliphatic heterocycles. The monoisotopic (exact) mass is 412 g/mol. The number of piperidine rings is 1. The Hall–Kier alpha value is -2.18. The summed E-state index contributed by atoms with van der Waals surface area (Å²) in [7, 11) is -3.62. The number of aryl methyl sites for hydroxylation is 2. The summed E-state index contributed by atoms with van der Waals surface area (Å²) in [5, 5.41) is 0. The largest absolute Gasteiger partial charge is 0.309 e. The minimum Gasteiger partial charge on any atom is -0.309 e. The van der Waals surface area contributed by atoms with Crippen molar-refractivity contribution in [3.8, 4) is 0 Å². The van der Waals surface area contributed by atoms with Gasteiger partial charge in [-0.05, 0) is 68.9 Å². The van der Waals surface area contributed by atoms with Gasteiger partial charge in [0.15, 0.2) is 0 Å². The maximum atomic E-state index is 13.4. The molecule has 1 amide bonds. The molecule has 2 aliphatic rings. The topological polar surface area (TPSA) is 57.7 Å². The Bertz CT molecular complexity index is 1050. The van der Waals surface area contributed by atoms with Crippen molar-refractivity contribution in [2.45, 2.75) is 51.0 Å². The van der Waals surface area contributed by atoms with Gasteiger partial charge < -0.3 is 4.90 Å². The number of nitrogens with zero attached hydrogens (tertiary/aromatic N) is 2. The number of rotatable bonds is 3. The summed E-state index contributed by atoms with van der Waals surface area (Å²) in [5.74, 6) is -0.263. The lowest BCUT2D eigenvalue weighted by Crippen LogP contribution is -2.48. The Morgan fingerprint density at radius 1 is 1.10 bits per heavy atom. The highest BCUT2D eigenvalue weighted by Gasteiger charge is 2.39. The molecule has 4 rings (SSSR count). The summed E-state index contributed by atoms with van der Waals surface area (Å²) in [6, 6.07) is 13.6. The third-order valence-corrected chi connectivity index (χ3v) is 8.15. The Kier molecular flexibility index (Phi) is 5.25. The van der Waals surface area contributed by atoms with Gasteiger partial charge >= 0.3 is 0 Å². The van der Waals surface area contributed by atoms with Gasteiger partial charge in [0.2, 0.25) is 15.9 Å². The van der Waals surface area contributed by atoms with Crippen LogP contribution in [-0.2, 0) is 21.2 Å². The Balaban J connectivity index is 1.59. The summed E-state index contributed by atoms with van der Waals surface area (Å²) in [4.78, 5) is 15.6. The van der Waals surface area contributed by atoms with Crippen molar-refractivity contribution < 1.29 is 13.2 Å². The van der Waals surface area contributed by atoms with Gasteiger partial charge in [-0.1, -0.05) is 30.3 Å². The van der Waals surface area contributed by atoms with Crippen LogP contribution in [0.25, 0.3) is 0 Å². The van der Waals surface area contributed by atoms with E-state index in [1.807, 2.05) is 49.1 Å². The number of sulfonamides is 1.